The number of carbonyl (C=O) groups excluding carboxylic acids is 1. The normalized spacial score (nSPS) is 28.5. The van der Waals surface area contributed by atoms with Gasteiger partial charge in [0.05, 0.1) is 11.7 Å². The summed E-state index contributed by atoms with van der Waals surface area (Å²) < 4.78 is 5.64. The molecule has 1 fully saturated rings. The number of hydrogen-bond acceptors (Lipinski definition) is 6. The molecule has 170 valence electrons. The third-order valence-corrected chi connectivity index (χ3v) is 7.79. The Morgan fingerprint density at radius 1 is 1.21 bits per heavy atom. The molecule has 1 aromatic carbocycles. The van der Waals surface area contributed by atoms with Crippen LogP contribution in [-0.4, -0.2) is 41.0 Å². The number of ether oxygens (including phenoxy) is 1. The first-order valence-electron chi connectivity index (χ1n) is 11.6. The van der Waals surface area contributed by atoms with Crippen LogP contribution in [0.1, 0.15) is 56.2 Å². The molecular weight excluding hydrogens is 414 g/mol. The Morgan fingerprint density at radius 2 is 1.97 bits per heavy atom. The third kappa shape index (κ3) is 3.01. The summed E-state index contributed by atoms with van der Waals surface area (Å²) in [7, 11) is 1.76. The van der Waals surface area contributed by atoms with Crippen molar-refractivity contribution in [1.29, 1.82) is 5.26 Å². The van der Waals surface area contributed by atoms with Crippen LogP contribution in [0.5, 0.6) is 0 Å². The van der Waals surface area contributed by atoms with Crippen LogP contribution in [0.15, 0.2) is 41.7 Å². The van der Waals surface area contributed by atoms with Crippen molar-refractivity contribution in [2.45, 2.75) is 63.6 Å². The van der Waals surface area contributed by atoms with E-state index in [0.717, 1.165) is 54.4 Å². The van der Waals surface area contributed by atoms with Gasteiger partial charge >= 0.3 is 0 Å². The first-order valence-corrected chi connectivity index (χ1v) is 11.6. The molecule has 5 rings (SSSR count). The second-order valence-electron chi connectivity index (χ2n) is 9.79. The fourth-order valence-electron chi connectivity index (χ4n) is 6.17. The van der Waals surface area contributed by atoms with Gasteiger partial charge in [-0.1, -0.05) is 12.1 Å². The van der Waals surface area contributed by atoms with Crippen LogP contribution in [0.25, 0.3) is 11.1 Å². The van der Waals surface area contributed by atoms with Crippen molar-refractivity contribution in [3.05, 3.63) is 53.3 Å². The topological polar surface area (TPSA) is 105 Å². The Labute approximate surface area is 194 Å². The minimum atomic E-state index is -1.02. The molecule has 1 amide bonds. The summed E-state index contributed by atoms with van der Waals surface area (Å²) in [6.45, 7) is 3.94. The lowest BCUT2D eigenvalue weighted by atomic mass is 9.61. The smallest absolute Gasteiger partial charge is 0.262 e. The highest BCUT2D eigenvalue weighted by atomic mass is 16.5. The summed E-state index contributed by atoms with van der Waals surface area (Å²) >= 11 is 0. The fraction of sp³-hybridized carbons (Fsp3) is 0.462. The van der Waals surface area contributed by atoms with Crippen LogP contribution >= 0.6 is 0 Å². The van der Waals surface area contributed by atoms with Crippen molar-refractivity contribution >= 4 is 11.9 Å². The molecule has 2 N–H and O–H groups in total. The second kappa shape index (κ2) is 7.67. The summed E-state index contributed by atoms with van der Waals surface area (Å²) in [6.07, 6.45) is 7.82. The van der Waals surface area contributed by atoms with Gasteiger partial charge in [0, 0.05) is 36.5 Å². The van der Waals surface area contributed by atoms with E-state index < -0.39 is 5.54 Å². The summed E-state index contributed by atoms with van der Waals surface area (Å²) in [5.74, 6) is 0.278. The molecule has 1 aromatic heterocycles. The number of guanidine groups is 1. The molecule has 7 nitrogen and oxygen atoms in total. The van der Waals surface area contributed by atoms with Gasteiger partial charge in [-0.25, -0.2) is 4.99 Å². The van der Waals surface area contributed by atoms with Gasteiger partial charge < -0.3 is 10.5 Å². The highest BCUT2D eigenvalue weighted by Crippen LogP contribution is 2.62. The Balaban J connectivity index is 1.68. The van der Waals surface area contributed by atoms with Gasteiger partial charge in [-0.3, -0.25) is 14.7 Å². The maximum Gasteiger partial charge on any atom is 0.262 e. The summed E-state index contributed by atoms with van der Waals surface area (Å²) in [6, 6.07) is 10.1. The van der Waals surface area contributed by atoms with Crippen molar-refractivity contribution in [3.63, 3.8) is 0 Å². The van der Waals surface area contributed by atoms with Crippen molar-refractivity contribution in [1.82, 2.24) is 9.88 Å². The van der Waals surface area contributed by atoms with Crippen LogP contribution < -0.4 is 5.73 Å². The van der Waals surface area contributed by atoms with E-state index >= 15 is 0 Å². The van der Waals surface area contributed by atoms with Crippen molar-refractivity contribution < 1.29 is 9.53 Å². The molecule has 1 atom stereocenters. The molecule has 0 radical (unpaired) electrons. The zero-order chi connectivity index (χ0) is 23.4. The first kappa shape index (κ1) is 21.6. The quantitative estimate of drug-likeness (QED) is 0.782. The molecule has 3 aliphatic rings. The average molecular weight is 444 g/mol. The molecule has 1 unspecified atom stereocenters. The Bertz CT molecular complexity index is 1190. The van der Waals surface area contributed by atoms with Gasteiger partial charge in [-0.15, -0.1) is 0 Å². The van der Waals surface area contributed by atoms with Crippen LogP contribution in [-0.2, 0) is 21.5 Å². The van der Waals surface area contributed by atoms with Gasteiger partial charge in [-0.05, 0) is 74.8 Å². The number of rotatable bonds is 3. The zero-order valence-electron chi connectivity index (χ0n) is 19.3. The predicted molar refractivity (Wildman–Crippen MR) is 125 cm³/mol. The summed E-state index contributed by atoms with van der Waals surface area (Å²) in [4.78, 5) is 25.0. The van der Waals surface area contributed by atoms with E-state index in [1.54, 1.807) is 24.4 Å². The van der Waals surface area contributed by atoms with E-state index in [1.807, 2.05) is 19.9 Å². The Kier molecular flexibility index (Phi) is 5.02. The number of aromatic nitrogens is 1. The standard InChI is InChI=1S/C26H29N5O2/c1-16(2)31-23(32)26(30-24(31)28)22-11-18(20-10-17(13-27)14-29-15-20)4-5-19(22)12-25(26)8-6-21(33-3)7-9-25/h4-5,10-11,14-16,21H,6-9,12H2,1-3H3,(H2,28,30). The average Bonchev–Trinajstić information content (AvgIpc) is 3.25. The van der Waals surface area contributed by atoms with Crippen molar-refractivity contribution in [2.75, 3.05) is 7.11 Å². The lowest BCUT2D eigenvalue weighted by molar-refractivity contribution is -0.139. The molecule has 2 aliphatic carbocycles. The number of nitrogens with zero attached hydrogens (tertiary/aromatic N) is 4. The Morgan fingerprint density at radius 3 is 2.61 bits per heavy atom. The zero-order valence-corrected chi connectivity index (χ0v) is 19.3. The van der Waals surface area contributed by atoms with Gasteiger partial charge in [0.15, 0.2) is 11.5 Å². The number of methoxy groups -OCH3 is 1. The van der Waals surface area contributed by atoms with E-state index in [1.165, 1.54) is 0 Å². The van der Waals surface area contributed by atoms with Crippen LogP contribution in [0.4, 0.5) is 0 Å². The van der Waals surface area contributed by atoms with E-state index in [9.17, 15) is 10.1 Å². The van der Waals surface area contributed by atoms with E-state index in [2.05, 4.69) is 29.3 Å². The van der Waals surface area contributed by atoms with Gasteiger partial charge in [0.2, 0.25) is 0 Å². The highest BCUT2D eigenvalue weighted by molar-refractivity contribution is 6.08. The van der Waals surface area contributed by atoms with Crippen molar-refractivity contribution in [3.8, 4) is 17.2 Å². The fourth-order valence-corrected chi connectivity index (χ4v) is 6.17. The van der Waals surface area contributed by atoms with E-state index in [0.29, 0.717) is 11.5 Å². The molecular formula is C26H29N5O2. The SMILES string of the molecule is COC1CCC2(CC1)Cc1ccc(-c3cncc(C#N)c3)cc1C21N=C(N)N(C(C)C)C1=O. The lowest BCUT2D eigenvalue weighted by Gasteiger charge is -2.45. The third-order valence-electron chi connectivity index (χ3n) is 7.79. The Hall–Kier alpha value is -3.24. The molecule has 2 spiro atoms. The first-order chi connectivity index (χ1) is 15.8. The number of nitriles is 1. The number of aliphatic imine (C=N–C) groups is 1. The number of benzene rings is 1. The largest absolute Gasteiger partial charge is 0.381 e. The molecule has 0 saturated heterocycles. The molecule has 1 aliphatic heterocycles. The number of hydrogen-bond donors (Lipinski definition) is 1. The minimum absolute atomic E-state index is 0.0225. The van der Waals surface area contributed by atoms with Gasteiger partial charge in [0.25, 0.3) is 5.91 Å². The highest BCUT2D eigenvalue weighted by Gasteiger charge is 2.66. The maximum atomic E-state index is 14.2. The van der Waals surface area contributed by atoms with Crippen molar-refractivity contribution in [2.24, 2.45) is 16.1 Å². The number of pyridine rings is 1. The summed E-state index contributed by atoms with van der Waals surface area (Å²) in [5, 5.41) is 9.30. The van der Waals surface area contributed by atoms with Crippen LogP contribution in [0.3, 0.4) is 0 Å². The van der Waals surface area contributed by atoms with E-state index in [4.69, 9.17) is 15.5 Å². The number of nitrogens with two attached hydrogens (primary N) is 1. The van der Waals surface area contributed by atoms with Crippen LogP contribution in [0, 0.1) is 16.7 Å². The molecule has 2 aromatic rings. The molecule has 2 heterocycles. The predicted octanol–water partition coefficient (Wildman–Crippen LogP) is 3.51. The number of carbonyl (C=O) groups is 1. The molecule has 1 saturated carbocycles. The number of fused-ring (bicyclic) bond motifs is 3. The van der Waals surface area contributed by atoms with Gasteiger partial charge in [0.1, 0.15) is 6.07 Å². The molecule has 33 heavy (non-hydrogen) atoms. The summed E-state index contributed by atoms with van der Waals surface area (Å²) in [5.41, 5.74) is 9.41. The van der Waals surface area contributed by atoms with Crippen LogP contribution in [0.2, 0.25) is 0 Å². The van der Waals surface area contributed by atoms with Gasteiger partial charge in [-0.2, -0.15) is 5.26 Å². The maximum absolute atomic E-state index is 14.2. The lowest BCUT2D eigenvalue weighted by Crippen LogP contribution is -2.53. The minimum Gasteiger partial charge on any atom is -0.381 e. The van der Waals surface area contributed by atoms with E-state index in [-0.39, 0.29) is 23.5 Å². The molecule has 7 heteroatoms. The monoisotopic (exact) mass is 443 g/mol. The second-order valence-corrected chi connectivity index (χ2v) is 9.79. The number of amides is 1. The molecule has 0 bridgehead atoms.